The Labute approximate surface area is 209 Å². The van der Waals surface area contributed by atoms with Crippen molar-refractivity contribution >= 4 is 23.6 Å². The number of urea groups is 1. The van der Waals surface area contributed by atoms with Crippen LogP contribution in [0.5, 0.6) is 0 Å². The van der Waals surface area contributed by atoms with Gasteiger partial charge in [0.05, 0.1) is 0 Å². The van der Waals surface area contributed by atoms with Crippen LogP contribution in [0.2, 0.25) is 0 Å². The third-order valence-corrected chi connectivity index (χ3v) is 7.92. The number of piperazine rings is 1. The molecular weight excluding hydrogens is 434 g/mol. The topological polar surface area (TPSA) is 51.2 Å². The first-order valence-corrected chi connectivity index (χ1v) is 13.0. The zero-order valence-corrected chi connectivity index (χ0v) is 20.9. The van der Waals surface area contributed by atoms with Gasteiger partial charge in [0.15, 0.2) is 0 Å². The molecule has 5 rings (SSSR count). The van der Waals surface area contributed by atoms with Gasteiger partial charge in [0.25, 0.3) is 0 Å². The number of carbonyl (C=O) groups is 1. The Balaban J connectivity index is 1.34. The van der Waals surface area contributed by atoms with Gasteiger partial charge in [-0.2, -0.15) is 10.1 Å². The summed E-state index contributed by atoms with van der Waals surface area (Å²) in [5, 5.41) is 8.67. The first kappa shape index (κ1) is 23.6. The van der Waals surface area contributed by atoms with Crippen LogP contribution in [0.1, 0.15) is 45.1 Å². The molecule has 2 aromatic rings. The van der Waals surface area contributed by atoms with Crippen LogP contribution in [0.3, 0.4) is 0 Å². The number of hydrazone groups is 1. The molecule has 1 N–H and O–H groups in total. The van der Waals surface area contributed by atoms with Crippen molar-refractivity contribution in [1.29, 1.82) is 0 Å². The van der Waals surface area contributed by atoms with Crippen molar-refractivity contribution in [3.05, 3.63) is 72.4 Å². The van der Waals surface area contributed by atoms with Crippen LogP contribution in [0.4, 0.5) is 16.2 Å². The van der Waals surface area contributed by atoms with Crippen LogP contribution in [-0.4, -0.2) is 48.3 Å². The van der Waals surface area contributed by atoms with Crippen molar-refractivity contribution in [3.63, 3.8) is 0 Å². The Morgan fingerprint density at radius 1 is 0.971 bits per heavy atom. The molecule has 6 heteroatoms. The van der Waals surface area contributed by atoms with Crippen molar-refractivity contribution in [2.24, 2.45) is 16.9 Å². The normalized spacial score (nSPS) is 27.1. The van der Waals surface area contributed by atoms with Crippen molar-refractivity contribution in [1.82, 2.24) is 9.91 Å². The predicted octanol–water partition coefficient (Wildman–Crippen LogP) is 5.90. The molecule has 35 heavy (non-hydrogen) atoms. The SMILES string of the molecule is CC1C=CN(C(=O)Nc2cccc(C3(N4CCN(c5ccccc5)CC4)CCC(C)CC3)c2)N=C1. The van der Waals surface area contributed by atoms with Crippen LogP contribution in [0, 0.1) is 11.8 Å². The molecule has 1 saturated carbocycles. The fourth-order valence-electron chi connectivity index (χ4n) is 5.73. The Morgan fingerprint density at radius 3 is 2.40 bits per heavy atom. The van der Waals surface area contributed by atoms with Crippen LogP contribution < -0.4 is 10.2 Å². The number of rotatable bonds is 4. The van der Waals surface area contributed by atoms with E-state index in [0.717, 1.165) is 50.6 Å². The minimum Gasteiger partial charge on any atom is -0.369 e. The third-order valence-electron chi connectivity index (χ3n) is 7.92. The van der Waals surface area contributed by atoms with Gasteiger partial charge >= 0.3 is 6.03 Å². The van der Waals surface area contributed by atoms with Crippen molar-refractivity contribution in [2.75, 3.05) is 36.4 Å². The van der Waals surface area contributed by atoms with Gasteiger partial charge in [-0.05, 0) is 61.4 Å². The van der Waals surface area contributed by atoms with E-state index in [1.807, 2.05) is 19.1 Å². The lowest BCUT2D eigenvalue weighted by atomic mass is 9.71. The monoisotopic (exact) mass is 471 g/mol. The highest BCUT2D eigenvalue weighted by molar-refractivity contribution is 5.90. The van der Waals surface area contributed by atoms with Gasteiger partial charge in [-0.25, -0.2) is 4.79 Å². The Kier molecular flexibility index (Phi) is 6.91. The van der Waals surface area contributed by atoms with E-state index in [1.165, 1.54) is 29.1 Å². The summed E-state index contributed by atoms with van der Waals surface area (Å²) in [6.07, 6.45) is 10.3. The standard InChI is InChI=1S/C29H37N5O/c1-23-11-14-29(15-12-23,33-19-17-32(18-20-33)27-9-4-3-5-10-27)25-7-6-8-26(21-25)31-28(35)34-16-13-24(2)22-30-34/h3-10,13,16,21-24H,11-12,14-15,17-20H2,1-2H3,(H,31,35). The summed E-state index contributed by atoms with van der Waals surface area (Å²) in [5.41, 5.74) is 3.48. The lowest BCUT2D eigenvalue weighted by Crippen LogP contribution is -2.56. The number of amides is 2. The number of hydrogen-bond donors (Lipinski definition) is 1. The van der Waals surface area contributed by atoms with Crippen molar-refractivity contribution < 1.29 is 4.79 Å². The number of allylic oxidation sites excluding steroid dienone is 1. The first-order valence-electron chi connectivity index (χ1n) is 13.0. The second kappa shape index (κ2) is 10.2. The van der Waals surface area contributed by atoms with E-state index >= 15 is 0 Å². The van der Waals surface area contributed by atoms with Crippen LogP contribution in [0.25, 0.3) is 0 Å². The highest BCUT2D eigenvalue weighted by Crippen LogP contribution is 2.45. The van der Waals surface area contributed by atoms with E-state index in [4.69, 9.17) is 0 Å². The predicted molar refractivity (Wildman–Crippen MR) is 144 cm³/mol. The smallest absolute Gasteiger partial charge is 0.346 e. The summed E-state index contributed by atoms with van der Waals surface area (Å²) in [6, 6.07) is 19.0. The van der Waals surface area contributed by atoms with Gasteiger partial charge in [0.2, 0.25) is 0 Å². The molecule has 2 fully saturated rings. The lowest BCUT2D eigenvalue weighted by molar-refractivity contribution is 0.0299. The van der Waals surface area contributed by atoms with Gasteiger partial charge in [-0.1, -0.05) is 50.3 Å². The fourth-order valence-corrected chi connectivity index (χ4v) is 5.73. The van der Waals surface area contributed by atoms with E-state index in [2.05, 4.69) is 75.7 Å². The average molecular weight is 472 g/mol. The second-order valence-electron chi connectivity index (χ2n) is 10.3. The molecule has 0 aromatic heterocycles. The Bertz CT molecular complexity index is 1050. The molecule has 0 bridgehead atoms. The molecular formula is C29H37N5O. The molecule has 3 aliphatic rings. The number of hydrogen-bond acceptors (Lipinski definition) is 4. The molecule has 1 unspecified atom stereocenters. The van der Waals surface area contributed by atoms with E-state index in [0.29, 0.717) is 0 Å². The maximum atomic E-state index is 12.8. The van der Waals surface area contributed by atoms with Crippen molar-refractivity contribution in [3.8, 4) is 0 Å². The summed E-state index contributed by atoms with van der Waals surface area (Å²) in [4.78, 5) is 18.0. The third kappa shape index (κ3) is 5.13. The number of carbonyl (C=O) groups excluding carboxylic acids is 1. The number of benzene rings is 2. The molecule has 1 atom stereocenters. The van der Waals surface area contributed by atoms with E-state index in [9.17, 15) is 4.79 Å². The highest BCUT2D eigenvalue weighted by atomic mass is 16.2. The summed E-state index contributed by atoms with van der Waals surface area (Å²) < 4.78 is 0. The van der Waals surface area contributed by atoms with Crippen molar-refractivity contribution in [2.45, 2.75) is 45.1 Å². The molecule has 1 saturated heterocycles. The molecule has 1 aliphatic carbocycles. The zero-order chi connectivity index (χ0) is 24.3. The Morgan fingerprint density at radius 2 is 1.71 bits per heavy atom. The molecule has 184 valence electrons. The van der Waals surface area contributed by atoms with E-state index in [-0.39, 0.29) is 17.5 Å². The van der Waals surface area contributed by atoms with E-state index < -0.39 is 0 Å². The van der Waals surface area contributed by atoms with Gasteiger partial charge in [0.1, 0.15) is 0 Å². The molecule has 2 aromatic carbocycles. The Hall–Kier alpha value is -3.12. The molecule has 6 nitrogen and oxygen atoms in total. The van der Waals surface area contributed by atoms with Gasteiger partial charge in [0, 0.05) is 61.4 Å². The fraction of sp³-hybridized carbons (Fsp3) is 0.448. The van der Waals surface area contributed by atoms with Crippen LogP contribution >= 0.6 is 0 Å². The van der Waals surface area contributed by atoms with Crippen LogP contribution in [-0.2, 0) is 5.54 Å². The number of anilines is 2. The number of nitrogens with zero attached hydrogens (tertiary/aromatic N) is 4. The molecule has 2 heterocycles. The maximum absolute atomic E-state index is 12.8. The maximum Gasteiger partial charge on any atom is 0.346 e. The number of nitrogens with one attached hydrogen (secondary N) is 1. The molecule has 2 amide bonds. The van der Waals surface area contributed by atoms with Gasteiger partial charge in [-0.15, -0.1) is 0 Å². The largest absolute Gasteiger partial charge is 0.369 e. The summed E-state index contributed by atoms with van der Waals surface area (Å²) in [5.74, 6) is 1.01. The lowest BCUT2D eigenvalue weighted by Gasteiger charge is -2.51. The summed E-state index contributed by atoms with van der Waals surface area (Å²) in [6.45, 7) is 8.59. The summed E-state index contributed by atoms with van der Waals surface area (Å²) >= 11 is 0. The zero-order valence-electron chi connectivity index (χ0n) is 20.9. The van der Waals surface area contributed by atoms with Crippen LogP contribution in [0.15, 0.2) is 72.0 Å². The quantitative estimate of drug-likeness (QED) is 0.604. The van der Waals surface area contributed by atoms with Gasteiger partial charge in [-0.3, -0.25) is 4.90 Å². The average Bonchev–Trinajstić information content (AvgIpc) is 2.90. The second-order valence-corrected chi connectivity index (χ2v) is 10.3. The van der Waals surface area contributed by atoms with Gasteiger partial charge < -0.3 is 10.2 Å². The minimum absolute atomic E-state index is 0.0225. The number of para-hydroxylation sites is 1. The first-order chi connectivity index (χ1) is 17.0. The molecule has 0 radical (unpaired) electrons. The van der Waals surface area contributed by atoms with E-state index in [1.54, 1.807) is 12.4 Å². The minimum atomic E-state index is -0.232. The highest BCUT2D eigenvalue weighted by Gasteiger charge is 2.42. The molecule has 2 aliphatic heterocycles. The molecule has 0 spiro atoms. The summed E-state index contributed by atoms with van der Waals surface area (Å²) in [7, 11) is 0.